The second-order valence-electron chi connectivity index (χ2n) is 10.5. The Kier molecular flexibility index (Phi) is 8.60. The van der Waals surface area contributed by atoms with Gasteiger partial charge in [-0.25, -0.2) is 18.6 Å². The van der Waals surface area contributed by atoms with Gasteiger partial charge >= 0.3 is 0 Å². The minimum Gasteiger partial charge on any atom is -0.399 e. The number of hydroxylamine groups is 1. The molecule has 2 amide bonds. The second-order valence-corrected chi connectivity index (χ2v) is 12.7. The van der Waals surface area contributed by atoms with Crippen LogP contribution < -0.4 is 15.9 Å². The number of amides is 2. The van der Waals surface area contributed by atoms with E-state index in [2.05, 4.69) is 15.2 Å². The highest BCUT2D eigenvalue weighted by atomic mass is 35.5. The summed E-state index contributed by atoms with van der Waals surface area (Å²) in [7, 11) is -3.56. The van der Waals surface area contributed by atoms with Crippen LogP contribution in [0.3, 0.4) is 0 Å². The third kappa shape index (κ3) is 6.54. The van der Waals surface area contributed by atoms with Crippen molar-refractivity contribution in [2.24, 2.45) is 0 Å². The van der Waals surface area contributed by atoms with E-state index in [1.165, 1.54) is 0 Å². The summed E-state index contributed by atoms with van der Waals surface area (Å²) >= 11 is 6.21. The van der Waals surface area contributed by atoms with Crippen LogP contribution in [0, 0.1) is 0 Å². The maximum absolute atomic E-state index is 14.3. The molecule has 0 bridgehead atoms. The van der Waals surface area contributed by atoms with Gasteiger partial charge in [-0.3, -0.25) is 19.4 Å². The molecule has 0 spiro atoms. The molecule has 4 atom stereocenters. The molecule has 1 aliphatic heterocycles. The third-order valence-electron chi connectivity index (χ3n) is 7.56. The number of pyridine rings is 1. The van der Waals surface area contributed by atoms with Crippen molar-refractivity contribution >= 4 is 39.1 Å². The number of nitrogens with one attached hydrogen (secondary N) is 2. The first-order valence-electron chi connectivity index (χ1n) is 13.4. The molecule has 4 N–H and O–H groups in total. The average molecular weight is 598 g/mol. The van der Waals surface area contributed by atoms with Gasteiger partial charge in [0.15, 0.2) is 0 Å². The number of benzene rings is 2. The Morgan fingerprint density at radius 2 is 1.88 bits per heavy atom. The lowest BCUT2D eigenvalue weighted by molar-refractivity contribution is -0.138. The highest BCUT2D eigenvalue weighted by Crippen LogP contribution is 2.46. The summed E-state index contributed by atoms with van der Waals surface area (Å²) < 4.78 is 27.4. The van der Waals surface area contributed by atoms with E-state index in [1.807, 2.05) is 6.07 Å². The number of carbonyl (C=O) groups is 2. The monoisotopic (exact) mass is 597 g/mol. The number of rotatable bonds is 8. The number of fused-ring (bicyclic) bond motifs is 1. The molecule has 1 aliphatic carbocycles. The quantitative estimate of drug-likeness (QED) is 0.265. The van der Waals surface area contributed by atoms with Gasteiger partial charge in [0.1, 0.15) is 6.61 Å². The lowest BCUT2D eigenvalue weighted by atomic mass is 9.76. The minimum absolute atomic E-state index is 0.0420. The van der Waals surface area contributed by atoms with Crippen molar-refractivity contribution in [3.63, 3.8) is 0 Å². The summed E-state index contributed by atoms with van der Waals surface area (Å²) in [6.45, 7) is 0.0420. The van der Waals surface area contributed by atoms with Crippen LogP contribution >= 0.6 is 11.6 Å². The lowest BCUT2D eigenvalue weighted by Crippen LogP contribution is -2.59. The normalized spacial score (nSPS) is 22.7. The maximum atomic E-state index is 14.3. The van der Waals surface area contributed by atoms with Crippen LogP contribution in [0.15, 0.2) is 66.9 Å². The van der Waals surface area contributed by atoms with E-state index in [-0.39, 0.29) is 12.5 Å². The number of carbonyl (C=O) groups excluding carboxylic acids is 2. The van der Waals surface area contributed by atoms with E-state index >= 15 is 0 Å². The first-order chi connectivity index (χ1) is 19.6. The van der Waals surface area contributed by atoms with Gasteiger partial charge in [0, 0.05) is 34.6 Å². The zero-order valence-electron chi connectivity index (χ0n) is 22.5. The van der Waals surface area contributed by atoms with Crippen LogP contribution in [-0.4, -0.2) is 48.5 Å². The molecule has 1 fully saturated rings. The van der Waals surface area contributed by atoms with Gasteiger partial charge in [0.2, 0.25) is 10.0 Å². The first kappa shape index (κ1) is 29.0. The zero-order chi connectivity index (χ0) is 29.1. The second kappa shape index (κ2) is 12.2. The van der Waals surface area contributed by atoms with E-state index in [0.29, 0.717) is 45.9 Å². The van der Waals surface area contributed by atoms with Gasteiger partial charge in [-0.15, -0.1) is 0 Å². The van der Waals surface area contributed by atoms with E-state index in [1.54, 1.807) is 65.7 Å². The first-order valence-corrected chi connectivity index (χ1v) is 15.7. The fraction of sp³-hybridized carbons (Fsp3) is 0.345. The van der Waals surface area contributed by atoms with Crippen molar-refractivity contribution in [1.82, 2.24) is 20.1 Å². The van der Waals surface area contributed by atoms with Crippen molar-refractivity contribution < 1.29 is 22.8 Å². The summed E-state index contributed by atoms with van der Waals surface area (Å²) in [4.78, 5) is 39.7. The zero-order valence-corrected chi connectivity index (χ0v) is 24.1. The number of nitrogen functional groups attached to an aromatic ring is 1. The summed E-state index contributed by atoms with van der Waals surface area (Å²) in [6, 6.07) is 15.4. The number of aromatic nitrogens is 1. The average Bonchev–Trinajstić information content (AvgIpc) is 2.93. The molecule has 41 heavy (non-hydrogen) atoms. The molecule has 1 saturated carbocycles. The molecule has 0 unspecified atom stereocenters. The molecule has 2 aromatic carbocycles. The lowest BCUT2D eigenvalue weighted by Gasteiger charge is -2.49. The third-order valence-corrected chi connectivity index (χ3v) is 8.54. The molecule has 0 radical (unpaired) electrons. The Bertz CT molecular complexity index is 1520. The fourth-order valence-corrected chi connectivity index (χ4v) is 6.82. The molecule has 10 nitrogen and oxygen atoms in total. The van der Waals surface area contributed by atoms with Gasteiger partial charge in [-0.1, -0.05) is 42.6 Å². The Hall–Kier alpha value is -3.51. The van der Waals surface area contributed by atoms with E-state index < -0.39 is 40.0 Å². The summed E-state index contributed by atoms with van der Waals surface area (Å²) in [6.07, 6.45) is 5.50. The standard InChI is InChI=1S/C29H32ClN5O5S/c1-41(38,39)34-24-7-2-3-8-25(24)35-27(18-9-11-19(30)12-10-18)26(23-16-20(31)13-14-22(23)29(35)37)28(36)33-40-17-21-6-4-5-15-32-21/h4-6,9-16,24-27,34H,2-3,7-8,17,31H2,1H3,(H,33,36)/t24-,25-,26+,27-/m0/s1. The number of hydrogen-bond donors (Lipinski definition) is 3. The molecule has 0 saturated heterocycles. The van der Waals surface area contributed by atoms with Gasteiger partial charge in [-0.2, -0.15) is 0 Å². The molecule has 3 aromatic rings. The summed E-state index contributed by atoms with van der Waals surface area (Å²) in [5.74, 6) is -1.70. The molecule has 2 aliphatic rings. The van der Waals surface area contributed by atoms with Gasteiger partial charge in [0.25, 0.3) is 11.8 Å². The van der Waals surface area contributed by atoms with Crippen LogP contribution in [0.2, 0.25) is 5.02 Å². The highest BCUT2D eigenvalue weighted by molar-refractivity contribution is 7.88. The SMILES string of the molecule is CS(=O)(=O)N[C@H]1CCCC[C@@H]1N1C(=O)c2ccc(N)cc2[C@@H](C(=O)NOCc2ccccn2)[C@@H]1c1ccc(Cl)cc1. The molecule has 5 rings (SSSR count). The topological polar surface area (TPSA) is 144 Å². The number of halogens is 1. The Labute approximate surface area is 244 Å². The molecule has 1 aromatic heterocycles. The minimum atomic E-state index is -3.56. The highest BCUT2D eigenvalue weighted by Gasteiger charge is 2.49. The van der Waals surface area contributed by atoms with Crippen molar-refractivity contribution in [2.45, 2.75) is 56.3 Å². The number of sulfonamides is 1. The van der Waals surface area contributed by atoms with Crippen molar-refractivity contribution in [3.8, 4) is 0 Å². The van der Waals surface area contributed by atoms with Gasteiger partial charge in [-0.05, 0) is 66.4 Å². The predicted molar refractivity (Wildman–Crippen MR) is 155 cm³/mol. The molecule has 2 heterocycles. The smallest absolute Gasteiger partial charge is 0.255 e. The van der Waals surface area contributed by atoms with Crippen LogP contribution in [0.1, 0.15) is 64.8 Å². The number of nitrogens with two attached hydrogens (primary N) is 1. The van der Waals surface area contributed by atoms with Crippen LogP contribution in [0.4, 0.5) is 5.69 Å². The van der Waals surface area contributed by atoms with Crippen molar-refractivity contribution in [2.75, 3.05) is 12.0 Å². The molecular formula is C29H32ClN5O5S. The van der Waals surface area contributed by atoms with Crippen LogP contribution in [0.5, 0.6) is 0 Å². The van der Waals surface area contributed by atoms with Gasteiger partial charge in [0.05, 0.1) is 23.9 Å². The number of nitrogens with zero attached hydrogens (tertiary/aromatic N) is 2. The van der Waals surface area contributed by atoms with Crippen molar-refractivity contribution in [3.05, 3.63) is 94.3 Å². The summed E-state index contributed by atoms with van der Waals surface area (Å²) in [5, 5.41) is 0.501. The number of anilines is 1. The summed E-state index contributed by atoms with van der Waals surface area (Å²) in [5.41, 5.74) is 11.2. The fourth-order valence-electron chi connectivity index (χ4n) is 5.87. The van der Waals surface area contributed by atoms with E-state index in [0.717, 1.165) is 19.1 Å². The van der Waals surface area contributed by atoms with Crippen LogP contribution in [0.25, 0.3) is 0 Å². The van der Waals surface area contributed by atoms with Gasteiger partial charge < -0.3 is 10.6 Å². The number of hydrogen-bond acceptors (Lipinski definition) is 7. The maximum Gasteiger partial charge on any atom is 0.255 e. The van der Waals surface area contributed by atoms with Crippen molar-refractivity contribution in [1.29, 1.82) is 0 Å². The Morgan fingerprint density at radius 1 is 1.12 bits per heavy atom. The molecular weight excluding hydrogens is 566 g/mol. The van der Waals surface area contributed by atoms with E-state index in [9.17, 15) is 18.0 Å². The van der Waals surface area contributed by atoms with Crippen LogP contribution in [-0.2, 0) is 26.3 Å². The largest absolute Gasteiger partial charge is 0.399 e. The molecule has 12 heteroatoms. The molecule has 216 valence electrons. The van der Waals surface area contributed by atoms with E-state index in [4.69, 9.17) is 22.2 Å². The Balaban J connectivity index is 1.59. The Morgan fingerprint density at radius 3 is 2.59 bits per heavy atom. The predicted octanol–water partition coefficient (Wildman–Crippen LogP) is 3.71.